The molecule has 23 heavy (non-hydrogen) atoms. The Morgan fingerprint density at radius 1 is 1.04 bits per heavy atom. The second-order valence-electron chi connectivity index (χ2n) is 5.11. The number of fused-ring (bicyclic) bond motifs is 1. The molecule has 2 aliphatic rings. The minimum Gasteiger partial charge on any atom is -0.872 e. The van der Waals surface area contributed by atoms with Crippen molar-refractivity contribution in [2.24, 2.45) is 0 Å². The maximum atomic E-state index is 11.9. The summed E-state index contributed by atoms with van der Waals surface area (Å²) in [4.78, 5) is 0. The van der Waals surface area contributed by atoms with E-state index in [9.17, 15) is 5.11 Å². The second kappa shape index (κ2) is 7.77. The summed E-state index contributed by atoms with van der Waals surface area (Å²) in [7, 11) is 0. The summed E-state index contributed by atoms with van der Waals surface area (Å²) in [5.74, 6) is 1.27. The first-order chi connectivity index (χ1) is 10.7. The zero-order valence-corrected chi connectivity index (χ0v) is 13.8. The van der Waals surface area contributed by atoms with E-state index in [4.69, 9.17) is 4.74 Å². The van der Waals surface area contributed by atoms with Crippen LogP contribution in [0.5, 0.6) is 5.75 Å². The molecule has 0 N–H and O–H groups in total. The van der Waals surface area contributed by atoms with Gasteiger partial charge in [-0.3, -0.25) is 0 Å². The Morgan fingerprint density at radius 3 is 2.35 bits per heavy atom. The number of hydrogen-bond donors (Lipinski definition) is 0. The standard InChI is InChI=1S/C15H12O2.C5H5.Fe/c1-10-6-7-12-13(16)9-14(17-15(12)8-10)11-4-2-3-5-11;1-2-4-5-3-1;/h2-9,16H,1H3;1-5H;/q;-1;+2/p-1. The molecule has 1 heterocycles. The molecule has 0 bridgehead atoms. The van der Waals surface area contributed by atoms with E-state index in [0.29, 0.717) is 17.1 Å². The minimum atomic E-state index is 0. The van der Waals surface area contributed by atoms with E-state index in [-0.39, 0.29) is 22.8 Å². The molecule has 3 heteroatoms. The monoisotopic (exact) mass is 344 g/mol. The van der Waals surface area contributed by atoms with Crippen molar-refractivity contribution in [3.63, 3.8) is 0 Å². The predicted molar refractivity (Wildman–Crippen MR) is 87.1 cm³/mol. The van der Waals surface area contributed by atoms with Crippen LogP contribution in [0.3, 0.4) is 0 Å². The maximum Gasteiger partial charge on any atom is 2.00 e. The fraction of sp³-hybridized carbons (Fsp3) is 0.0500. The minimum absolute atomic E-state index is 0. The molecule has 2 nitrogen and oxygen atoms in total. The van der Waals surface area contributed by atoms with E-state index < -0.39 is 0 Å². The molecule has 2 aromatic rings. The first kappa shape index (κ1) is 17.0. The molecule has 2 aromatic carbocycles. The summed E-state index contributed by atoms with van der Waals surface area (Å²) in [5, 5.41) is 11.9. The van der Waals surface area contributed by atoms with Gasteiger partial charge in [0.1, 0.15) is 11.5 Å². The van der Waals surface area contributed by atoms with Gasteiger partial charge < -0.3 is 9.84 Å². The normalized spacial score (nSPS) is 14.2. The number of rotatable bonds is 0. The maximum absolute atomic E-state index is 11.9. The first-order valence-electron chi connectivity index (χ1n) is 7.17. The van der Waals surface area contributed by atoms with Crippen LogP contribution in [0.4, 0.5) is 0 Å². The Labute approximate surface area is 147 Å². The Kier molecular flexibility index (Phi) is 5.75. The van der Waals surface area contributed by atoms with Gasteiger partial charge >= 0.3 is 17.1 Å². The van der Waals surface area contributed by atoms with Crippen LogP contribution >= 0.6 is 0 Å². The quantitative estimate of drug-likeness (QED) is 0.537. The molecule has 0 unspecified atom stereocenters. The predicted octanol–water partition coefficient (Wildman–Crippen LogP) is 3.87. The number of ether oxygens (including phenoxy) is 1. The number of hydrogen-bond acceptors (Lipinski definition) is 2. The smallest absolute Gasteiger partial charge is 0.872 e. The van der Waals surface area contributed by atoms with Crippen molar-refractivity contribution < 1.29 is 26.9 Å². The van der Waals surface area contributed by atoms with Gasteiger partial charge in [-0.1, -0.05) is 42.2 Å². The summed E-state index contributed by atoms with van der Waals surface area (Å²) in [6, 6.07) is 15.6. The van der Waals surface area contributed by atoms with Gasteiger partial charge in [-0.05, 0) is 24.6 Å². The van der Waals surface area contributed by atoms with Crippen molar-refractivity contribution in [2.75, 3.05) is 0 Å². The van der Waals surface area contributed by atoms with Crippen molar-refractivity contribution in [3.05, 3.63) is 101 Å². The summed E-state index contributed by atoms with van der Waals surface area (Å²) >= 11 is 0. The van der Waals surface area contributed by atoms with Gasteiger partial charge in [-0.15, -0.1) is 0 Å². The van der Waals surface area contributed by atoms with Crippen molar-refractivity contribution in [1.82, 2.24) is 0 Å². The SMILES string of the molecule is Cc1ccc2c(c1)OC(=C1C=CC=C1)C=C2[O-].[Fe+2].c1cc[cH-]c1. The number of allylic oxidation sites excluding steroid dienone is 6. The molecule has 0 amide bonds. The zero-order chi connectivity index (χ0) is 15.4. The second-order valence-corrected chi connectivity index (χ2v) is 5.11. The van der Waals surface area contributed by atoms with Gasteiger partial charge in [-0.2, -0.15) is 18.2 Å². The summed E-state index contributed by atoms with van der Waals surface area (Å²) in [6.45, 7) is 1.98. The van der Waals surface area contributed by atoms with Gasteiger partial charge in [0.25, 0.3) is 0 Å². The average molecular weight is 344 g/mol. The summed E-state index contributed by atoms with van der Waals surface area (Å²) < 4.78 is 5.77. The molecular weight excluding hydrogens is 328 g/mol. The molecule has 0 aromatic heterocycles. The summed E-state index contributed by atoms with van der Waals surface area (Å²) in [6.07, 6.45) is 9.26. The van der Waals surface area contributed by atoms with Crippen LogP contribution in [0.15, 0.2) is 90.2 Å². The van der Waals surface area contributed by atoms with E-state index in [0.717, 1.165) is 11.1 Å². The van der Waals surface area contributed by atoms with Crippen LogP contribution in [-0.4, -0.2) is 0 Å². The average Bonchev–Trinajstić information content (AvgIpc) is 3.23. The number of aryl methyl sites for hydroxylation is 1. The fourth-order valence-corrected chi connectivity index (χ4v) is 2.26. The van der Waals surface area contributed by atoms with Gasteiger partial charge in [0.2, 0.25) is 0 Å². The van der Waals surface area contributed by atoms with Crippen LogP contribution < -0.4 is 9.84 Å². The molecule has 116 valence electrons. The van der Waals surface area contributed by atoms with E-state index in [1.54, 1.807) is 6.08 Å². The van der Waals surface area contributed by atoms with Gasteiger partial charge in [0, 0.05) is 11.1 Å². The van der Waals surface area contributed by atoms with Crippen LogP contribution in [-0.2, 0) is 17.1 Å². The van der Waals surface area contributed by atoms with E-state index in [1.807, 2.05) is 79.8 Å². The third kappa shape index (κ3) is 4.10. The molecule has 1 aliphatic carbocycles. The molecule has 0 radical (unpaired) electrons. The van der Waals surface area contributed by atoms with Gasteiger partial charge in [-0.25, -0.2) is 12.1 Å². The van der Waals surface area contributed by atoms with Gasteiger partial charge in [0.05, 0.1) is 0 Å². The zero-order valence-electron chi connectivity index (χ0n) is 12.7. The van der Waals surface area contributed by atoms with E-state index in [2.05, 4.69) is 0 Å². The molecule has 0 saturated heterocycles. The van der Waals surface area contributed by atoms with E-state index >= 15 is 0 Å². The van der Waals surface area contributed by atoms with E-state index in [1.165, 1.54) is 0 Å². The van der Waals surface area contributed by atoms with Crippen LogP contribution in [0.2, 0.25) is 0 Å². The summed E-state index contributed by atoms with van der Waals surface area (Å²) in [5.41, 5.74) is 2.65. The first-order valence-corrected chi connectivity index (χ1v) is 7.17. The third-order valence-corrected chi connectivity index (χ3v) is 3.39. The molecule has 0 saturated carbocycles. The molecular formula is C20H16FeO2. The Morgan fingerprint density at radius 2 is 1.74 bits per heavy atom. The largest absolute Gasteiger partial charge is 2.00 e. The molecule has 1 aliphatic heterocycles. The molecule has 4 rings (SSSR count). The van der Waals surface area contributed by atoms with Crippen LogP contribution in [0.1, 0.15) is 11.1 Å². The topological polar surface area (TPSA) is 32.3 Å². The van der Waals surface area contributed by atoms with Crippen molar-refractivity contribution in [1.29, 1.82) is 0 Å². The molecule has 0 spiro atoms. The third-order valence-electron chi connectivity index (χ3n) is 3.39. The van der Waals surface area contributed by atoms with Crippen LogP contribution in [0, 0.1) is 6.92 Å². The van der Waals surface area contributed by atoms with Crippen molar-refractivity contribution in [3.8, 4) is 5.75 Å². The van der Waals surface area contributed by atoms with Crippen LogP contribution in [0.25, 0.3) is 5.76 Å². The van der Waals surface area contributed by atoms with Crippen molar-refractivity contribution in [2.45, 2.75) is 6.92 Å². The molecule has 0 fully saturated rings. The van der Waals surface area contributed by atoms with Crippen molar-refractivity contribution >= 4 is 5.76 Å². The fourth-order valence-electron chi connectivity index (χ4n) is 2.26. The number of benzene rings is 1. The Bertz CT molecular complexity index is 747. The Hall–Kier alpha value is -2.35. The van der Waals surface area contributed by atoms with Gasteiger partial charge in [0.15, 0.2) is 0 Å². The molecule has 0 atom stereocenters. The Balaban J connectivity index is 0.000000276.